The second-order valence-corrected chi connectivity index (χ2v) is 5.46. The van der Waals surface area contributed by atoms with Crippen LogP contribution in [-0.2, 0) is 0 Å². The van der Waals surface area contributed by atoms with E-state index in [-0.39, 0.29) is 23.0 Å². The highest BCUT2D eigenvalue weighted by Crippen LogP contribution is 2.35. The van der Waals surface area contributed by atoms with Crippen LogP contribution in [0.15, 0.2) is 35.5 Å². The van der Waals surface area contributed by atoms with Crippen LogP contribution in [0.25, 0.3) is 0 Å². The standard InChI is InChI=1S/C14H14N4O4/c19-17(20)11-5-6-12(14(8-11)18(21)22)15-16-13-7-9-1-3-10(13)4-2-9/h1,3,5-6,8-10,15H,2,4,7H2/b16-13-. The normalized spacial score (nSPS) is 24.5. The summed E-state index contributed by atoms with van der Waals surface area (Å²) in [4.78, 5) is 20.5. The number of rotatable bonds is 4. The van der Waals surface area contributed by atoms with E-state index in [1.54, 1.807) is 0 Å². The van der Waals surface area contributed by atoms with Gasteiger partial charge in [0.25, 0.3) is 5.69 Å². The first-order chi connectivity index (χ1) is 10.5. The monoisotopic (exact) mass is 302 g/mol. The molecule has 2 bridgehead atoms. The second kappa shape index (κ2) is 5.55. The van der Waals surface area contributed by atoms with Gasteiger partial charge in [-0.15, -0.1) is 0 Å². The number of nitro groups is 2. The predicted octanol–water partition coefficient (Wildman–Crippen LogP) is 3.26. The number of fused-ring (bicyclic) bond motifs is 2. The number of nitro benzene ring substituents is 2. The number of anilines is 1. The number of hydrazone groups is 1. The lowest BCUT2D eigenvalue weighted by atomic mass is 9.75. The van der Waals surface area contributed by atoms with Gasteiger partial charge in [-0.2, -0.15) is 5.10 Å². The zero-order chi connectivity index (χ0) is 15.7. The molecule has 1 fully saturated rings. The molecule has 0 amide bonds. The summed E-state index contributed by atoms with van der Waals surface area (Å²) in [6.45, 7) is 0. The molecule has 2 atom stereocenters. The van der Waals surface area contributed by atoms with E-state index in [0.29, 0.717) is 5.92 Å². The summed E-state index contributed by atoms with van der Waals surface area (Å²) >= 11 is 0. The lowest BCUT2D eigenvalue weighted by Gasteiger charge is -2.31. The molecule has 114 valence electrons. The van der Waals surface area contributed by atoms with Gasteiger partial charge in [0.15, 0.2) is 0 Å². The molecule has 1 aromatic rings. The minimum atomic E-state index is -0.659. The summed E-state index contributed by atoms with van der Waals surface area (Å²) in [7, 11) is 0. The molecule has 1 saturated carbocycles. The van der Waals surface area contributed by atoms with Gasteiger partial charge >= 0.3 is 5.69 Å². The van der Waals surface area contributed by atoms with Crippen molar-refractivity contribution in [1.29, 1.82) is 0 Å². The van der Waals surface area contributed by atoms with E-state index in [4.69, 9.17) is 0 Å². The lowest BCUT2D eigenvalue weighted by molar-refractivity contribution is -0.393. The molecule has 3 aliphatic rings. The highest BCUT2D eigenvalue weighted by Gasteiger charge is 2.28. The van der Waals surface area contributed by atoms with E-state index in [9.17, 15) is 20.2 Å². The van der Waals surface area contributed by atoms with Crippen molar-refractivity contribution in [2.75, 3.05) is 5.43 Å². The van der Waals surface area contributed by atoms with Crippen molar-refractivity contribution in [2.45, 2.75) is 19.3 Å². The molecule has 1 aromatic carbocycles. The van der Waals surface area contributed by atoms with Crippen molar-refractivity contribution < 1.29 is 9.85 Å². The van der Waals surface area contributed by atoms with Gasteiger partial charge in [-0.05, 0) is 31.2 Å². The zero-order valence-electron chi connectivity index (χ0n) is 11.6. The smallest absolute Gasteiger partial charge is 0.272 e. The summed E-state index contributed by atoms with van der Waals surface area (Å²) in [6, 6.07) is 3.48. The van der Waals surface area contributed by atoms with Crippen molar-refractivity contribution in [3.63, 3.8) is 0 Å². The van der Waals surface area contributed by atoms with Crippen LogP contribution in [0.1, 0.15) is 19.3 Å². The van der Waals surface area contributed by atoms with Gasteiger partial charge in [0, 0.05) is 17.7 Å². The van der Waals surface area contributed by atoms with Gasteiger partial charge in [0.05, 0.1) is 15.9 Å². The number of allylic oxidation sites excluding steroid dienone is 2. The van der Waals surface area contributed by atoms with Crippen LogP contribution >= 0.6 is 0 Å². The third kappa shape index (κ3) is 2.67. The topological polar surface area (TPSA) is 111 Å². The highest BCUT2D eigenvalue weighted by atomic mass is 16.6. The summed E-state index contributed by atoms with van der Waals surface area (Å²) in [5, 5.41) is 26.1. The Balaban J connectivity index is 1.85. The molecule has 22 heavy (non-hydrogen) atoms. The minimum absolute atomic E-state index is 0.161. The molecule has 1 N–H and O–H groups in total. The molecule has 0 aliphatic heterocycles. The predicted molar refractivity (Wildman–Crippen MR) is 80.8 cm³/mol. The first kappa shape index (κ1) is 14.2. The van der Waals surface area contributed by atoms with Crippen molar-refractivity contribution in [2.24, 2.45) is 16.9 Å². The van der Waals surface area contributed by atoms with Crippen molar-refractivity contribution in [3.8, 4) is 0 Å². The molecular weight excluding hydrogens is 288 g/mol. The second-order valence-electron chi connectivity index (χ2n) is 5.46. The van der Waals surface area contributed by atoms with Crippen LogP contribution in [0.3, 0.4) is 0 Å². The Morgan fingerprint density at radius 1 is 1.14 bits per heavy atom. The summed E-state index contributed by atoms with van der Waals surface area (Å²) in [5.74, 6) is 0.784. The Bertz CT molecular complexity index is 698. The van der Waals surface area contributed by atoms with Crippen molar-refractivity contribution in [1.82, 2.24) is 0 Å². The third-order valence-electron chi connectivity index (χ3n) is 4.07. The maximum atomic E-state index is 11.1. The van der Waals surface area contributed by atoms with Gasteiger partial charge in [0.1, 0.15) is 5.69 Å². The molecule has 3 aliphatic carbocycles. The Labute approximate surface area is 125 Å². The molecule has 4 rings (SSSR count). The van der Waals surface area contributed by atoms with Crippen LogP contribution in [0, 0.1) is 32.1 Å². The Hall–Kier alpha value is -2.77. The minimum Gasteiger partial charge on any atom is -0.272 e. The molecule has 0 saturated heterocycles. The highest BCUT2D eigenvalue weighted by molar-refractivity contribution is 5.91. The SMILES string of the molecule is O=[N+]([O-])c1ccc(N/N=C2/CC3C=CC2CC3)c([N+](=O)[O-])c1. The Morgan fingerprint density at radius 3 is 2.50 bits per heavy atom. The molecule has 8 nitrogen and oxygen atoms in total. The van der Waals surface area contributed by atoms with Crippen LogP contribution in [0.5, 0.6) is 0 Å². The zero-order valence-corrected chi connectivity index (χ0v) is 11.6. The summed E-state index contributed by atoms with van der Waals surface area (Å²) in [6.07, 6.45) is 7.38. The molecule has 0 heterocycles. The molecule has 2 unspecified atom stereocenters. The van der Waals surface area contributed by atoms with Gasteiger partial charge in [-0.3, -0.25) is 25.7 Å². The fourth-order valence-electron chi connectivity index (χ4n) is 2.88. The van der Waals surface area contributed by atoms with E-state index >= 15 is 0 Å². The molecular formula is C14H14N4O4. The van der Waals surface area contributed by atoms with Gasteiger partial charge < -0.3 is 0 Å². The largest absolute Gasteiger partial charge is 0.301 e. The Morgan fingerprint density at radius 2 is 1.95 bits per heavy atom. The van der Waals surface area contributed by atoms with E-state index in [0.717, 1.165) is 31.0 Å². The summed E-state index contributed by atoms with van der Waals surface area (Å²) in [5.41, 5.74) is 3.18. The van der Waals surface area contributed by atoms with E-state index in [1.807, 2.05) is 0 Å². The molecule has 0 spiro atoms. The fraction of sp³-hybridized carbons (Fsp3) is 0.357. The van der Waals surface area contributed by atoms with Crippen LogP contribution in [0.4, 0.5) is 17.1 Å². The molecule has 0 radical (unpaired) electrons. The van der Waals surface area contributed by atoms with Gasteiger partial charge in [-0.1, -0.05) is 12.2 Å². The van der Waals surface area contributed by atoms with Crippen LogP contribution < -0.4 is 5.43 Å². The fourth-order valence-corrected chi connectivity index (χ4v) is 2.88. The van der Waals surface area contributed by atoms with E-state index in [2.05, 4.69) is 22.7 Å². The maximum Gasteiger partial charge on any atom is 0.301 e. The Kier molecular flexibility index (Phi) is 3.58. The van der Waals surface area contributed by atoms with Crippen molar-refractivity contribution in [3.05, 3.63) is 50.6 Å². The quantitative estimate of drug-likeness (QED) is 0.521. The first-order valence-corrected chi connectivity index (χ1v) is 6.98. The third-order valence-corrected chi connectivity index (χ3v) is 4.07. The van der Waals surface area contributed by atoms with Gasteiger partial charge in [0.2, 0.25) is 0 Å². The lowest BCUT2D eigenvalue weighted by Crippen LogP contribution is -2.28. The van der Waals surface area contributed by atoms with Crippen molar-refractivity contribution >= 4 is 22.8 Å². The summed E-state index contributed by atoms with van der Waals surface area (Å²) < 4.78 is 0. The average molecular weight is 302 g/mol. The number of hydrogen-bond acceptors (Lipinski definition) is 6. The van der Waals surface area contributed by atoms with E-state index < -0.39 is 9.85 Å². The number of non-ortho nitro benzene ring substituents is 1. The molecule has 8 heteroatoms. The number of nitrogens with one attached hydrogen (secondary N) is 1. The molecule has 0 aromatic heterocycles. The van der Waals surface area contributed by atoms with Crippen LogP contribution in [-0.4, -0.2) is 15.6 Å². The average Bonchev–Trinajstić information content (AvgIpc) is 2.53. The van der Waals surface area contributed by atoms with Gasteiger partial charge in [-0.25, -0.2) is 0 Å². The van der Waals surface area contributed by atoms with E-state index in [1.165, 1.54) is 12.1 Å². The number of hydrogen-bond donors (Lipinski definition) is 1. The first-order valence-electron chi connectivity index (χ1n) is 6.98. The van der Waals surface area contributed by atoms with Crippen LogP contribution in [0.2, 0.25) is 0 Å². The maximum absolute atomic E-state index is 11.1. The number of nitrogens with zero attached hydrogens (tertiary/aromatic N) is 3. The number of benzene rings is 1.